The van der Waals surface area contributed by atoms with Crippen molar-refractivity contribution >= 4 is 23.6 Å². The van der Waals surface area contributed by atoms with Crippen molar-refractivity contribution in [2.45, 2.75) is 26.3 Å². The molecule has 0 atom stereocenters. The molecule has 7 heteroatoms. The number of carbonyl (C=O) groups is 3. The second-order valence-corrected chi connectivity index (χ2v) is 6.02. The number of nitrogens with one attached hydrogen (secondary N) is 2. The standard InChI is InChI=1S/C16H21N3O4/c1-11(20)18-13-6-4-5-12(9-13)14(21)17-10-16(2,3)19-7-8-23-15(19)22/h4-6,9H,7-8,10H2,1-3H3,(H,17,21)(H,18,20). The molecule has 1 aliphatic rings. The molecular formula is C16H21N3O4. The minimum Gasteiger partial charge on any atom is -0.448 e. The SMILES string of the molecule is CC(=O)Nc1cccc(C(=O)NCC(C)(C)N2CCOC2=O)c1. The van der Waals surface area contributed by atoms with Gasteiger partial charge in [-0.3, -0.25) is 14.5 Å². The van der Waals surface area contributed by atoms with E-state index in [-0.39, 0.29) is 17.9 Å². The van der Waals surface area contributed by atoms with Gasteiger partial charge in [0.15, 0.2) is 0 Å². The van der Waals surface area contributed by atoms with Crippen molar-refractivity contribution < 1.29 is 19.1 Å². The molecule has 1 heterocycles. The molecule has 23 heavy (non-hydrogen) atoms. The van der Waals surface area contributed by atoms with Crippen molar-refractivity contribution in [2.24, 2.45) is 0 Å². The normalized spacial score (nSPS) is 14.4. The van der Waals surface area contributed by atoms with E-state index < -0.39 is 5.54 Å². The second-order valence-electron chi connectivity index (χ2n) is 6.02. The van der Waals surface area contributed by atoms with Crippen LogP contribution in [0.3, 0.4) is 0 Å². The number of amides is 3. The van der Waals surface area contributed by atoms with Gasteiger partial charge in [0, 0.05) is 24.7 Å². The number of cyclic esters (lactones) is 1. The molecule has 1 saturated heterocycles. The fourth-order valence-electron chi connectivity index (χ4n) is 2.38. The van der Waals surface area contributed by atoms with Crippen LogP contribution in [0.15, 0.2) is 24.3 Å². The number of hydrogen-bond donors (Lipinski definition) is 2. The summed E-state index contributed by atoms with van der Waals surface area (Å²) in [4.78, 5) is 36.6. The van der Waals surface area contributed by atoms with Crippen LogP contribution >= 0.6 is 0 Å². The van der Waals surface area contributed by atoms with Crippen molar-refractivity contribution in [3.05, 3.63) is 29.8 Å². The first-order valence-electron chi connectivity index (χ1n) is 7.40. The largest absolute Gasteiger partial charge is 0.448 e. The highest BCUT2D eigenvalue weighted by atomic mass is 16.6. The Morgan fingerprint density at radius 3 is 2.70 bits per heavy atom. The maximum Gasteiger partial charge on any atom is 0.410 e. The van der Waals surface area contributed by atoms with Gasteiger partial charge in [0.25, 0.3) is 5.91 Å². The molecule has 124 valence electrons. The molecular weight excluding hydrogens is 298 g/mol. The summed E-state index contributed by atoms with van der Waals surface area (Å²) >= 11 is 0. The molecule has 3 amide bonds. The predicted octanol–water partition coefficient (Wildman–Crippen LogP) is 1.61. The lowest BCUT2D eigenvalue weighted by Crippen LogP contribution is -2.52. The molecule has 0 aromatic heterocycles. The third-order valence-corrected chi connectivity index (χ3v) is 3.62. The highest BCUT2D eigenvalue weighted by Gasteiger charge is 2.35. The zero-order valence-corrected chi connectivity index (χ0v) is 13.5. The van der Waals surface area contributed by atoms with Crippen LogP contribution in [0.5, 0.6) is 0 Å². The van der Waals surface area contributed by atoms with Gasteiger partial charge in [-0.05, 0) is 32.0 Å². The molecule has 0 unspecified atom stereocenters. The molecule has 2 rings (SSSR count). The third kappa shape index (κ3) is 4.21. The first kappa shape index (κ1) is 16.8. The van der Waals surface area contributed by atoms with Gasteiger partial charge < -0.3 is 15.4 Å². The Labute approximate surface area is 135 Å². The van der Waals surface area contributed by atoms with Gasteiger partial charge in [0.2, 0.25) is 5.91 Å². The number of nitrogens with zero attached hydrogens (tertiary/aromatic N) is 1. The summed E-state index contributed by atoms with van der Waals surface area (Å²) < 4.78 is 4.93. The topological polar surface area (TPSA) is 87.7 Å². The van der Waals surface area contributed by atoms with Gasteiger partial charge in [0.05, 0.1) is 12.1 Å². The Kier molecular flexibility index (Phi) is 4.88. The van der Waals surface area contributed by atoms with E-state index in [1.807, 2.05) is 13.8 Å². The second kappa shape index (κ2) is 6.68. The van der Waals surface area contributed by atoms with Gasteiger partial charge >= 0.3 is 6.09 Å². The van der Waals surface area contributed by atoms with E-state index in [2.05, 4.69) is 10.6 Å². The Hall–Kier alpha value is -2.57. The summed E-state index contributed by atoms with van der Waals surface area (Å²) in [5, 5.41) is 5.45. The zero-order valence-electron chi connectivity index (χ0n) is 13.5. The van der Waals surface area contributed by atoms with Crippen LogP contribution in [0.1, 0.15) is 31.1 Å². The van der Waals surface area contributed by atoms with Crippen LogP contribution in [-0.4, -0.2) is 48.0 Å². The van der Waals surface area contributed by atoms with Crippen LogP contribution in [0.25, 0.3) is 0 Å². The highest BCUT2D eigenvalue weighted by molar-refractivity contribution is 5.96. The molecule has 1 aliphatic heterocycles. The van der Waals surface area contributed by atoms with Crippen LogP contribution < -0.4 is 10.6 Å². The quantitative estimate of drug-likeness (QED) is 0.863. The Balaban J connectivity index is 1.99. The Bertz CT molecular complexity index is 628. The molecule has 0 saturated carbocycles. The van der Waals surface area contributed by atoms with Crippen molar-refractivity contribution in [1.82, 2.24) is 10.2 Å². The summed E-state index contributed by atoms with van der Waals surface area (Å²) in [7, 11) is 0. The first-order chi connectivity index (χ1) is 10.8. The molecule has 0 spiro atoms. The van der Waals surface area contributed by atoms with Crippen LogP contribution in [0.4, 0.5) is 10.5 Å². The van der Waals surface area contributed by atoms with Gasteiger partial charge in [-0.15, -0.1) is 0 Å². The van der Waals surface area contributed by atoms with Crippen LogP contribution in [0.2, 0.25) is 0 Å². The smallest absolute Gasteiger partial charge is 0.410 e. The molecule has 0 aliphatic carbocycles. The number of ether oxygens (including phenoxy) is 1. The lowest BCUT2D eigenvalue weighted by molar-refractivity contribution is -0.114. The number of anilines is 1. The molecule has 1 aromatic rings. The van der Waals surface area contributed by atoms with Gasteiger partial charge in [-0.1, -0.05) is 6.07 Å². The minimum absolute atomic E-state index is 0.198. The fourth-order valence-corrected chi connectivity index (χ4v) is 2.38. The van der Waals surface area contributed by atoms with E-state index in [1.54, 1.807) is 29.2 Å². The predicted molar refractivity (Wildman–Crippen MR) is 85.2 cm³/mol. The average molecular weight is 319 g/mol. The molecule has 2 N–H and O–H groups in total. The highest BCUT2D eigenvalue weighted by Crippen LogP contribution is 2.19. The summed E-state index contributed by atoms with van der Waals surface area (Å²) in [6, 6.07) is 6.68. The van der Waals surface area contributed by atoms with Crippen molar-refractivity contribution in [1.29, 1.82) is 0 Å². The zero-order chi connectivity index (χ0) is 17.0. The van der Waals surface area contributed by atoms with Gasteiger partial charge in [0.1, 0.15) is 6.61 Å². The lowest BCUT2D eigenvalue weighted by Gasteiger charge is -2.33. The maximum absolute atomic E-state index is 12.3. The fraction of sp³-hybridized carbons (Fsp3) is 0.438. The minimum atomic E-state index is -0.543. The molecule has 0 radical (unpaired) electrons. The van der Waals surface area contributed by atoms with E-state index >= 15 is 0 Å². The van der Waals surface area contributed by atoms with Gasteiger partial charge in [-0.2, -0.15) is 0 Å². The number of rotatable bonds is 5. The van der Waals surface area contributed by atoms with E-state index in [0.717, 1.165) is 0 Å². The van der Waals surface area contributed by atoms with Crippen molar-refractivity contribution in [3.8, 4) is 0 Å². The monoisotopic (exact) mass is 319 g/mol. The summed E-state index contributed by atoms with van der Waals surface area (Å²) in [5.41, 5.74) is 0.460. The van der Waals surface area contributed by atoms with E-state index in [4.69, 9.17) is 4.74 Å². The Morgan fingerprint density at radius 2 is 2.09 bits per heavy atom. The summed E-state index contributed by atoms with van der Waals surface area (Å²) in [5.74, 6) is -0.464. The molecule has 1 fully saturated rings. The molecule has 1 aromatic carbocycles. The van der Waals surface area contributed by atoms with Gasteiger partial charge in [-0.25, -0.2) is 4.79 Å². The first-order valence-corrected chi connectivity index (χ1v) is 7.40. The third-order valence-electron chi connectivity index (χ3n) is 3.62. The van der Waals surface area contributed by atoms with Crippen LogP contribution in [0, 0.1) is 0 Å². The van der Waals surface area contributed by atoms with E-state index in [1.165, 1.54) is 6.92 Å². The van der Waals surface area contributed by atoms with E-state index in [0.29, 0.717) is 30.9 Å². The lowest BCUT2D eigenvalue weighted by atomic mass is 10.0. The van der Waals surface area contributed by atoms with Crippen LogP contribution in [-0.2, 0) is 9.53 Å². The number of benzene rings is 1. The summed E-state index contributed by atoms with van der Waals surface area (Å²) in [6.07, 6.45) is -0.364. The van der Waals surface area contributed by atoms with Crippen molar-refractivity contribution in [2.75, 3.05) is 25.0 Å². The average Bonchev–Trinajstić information content (AvgIpc) is 2.91. The van der Waals surface area contributed by atoms with Crippen molar-refractivity contribution in [3.63, 3.8) is 0 Å². The maximum atomic E-state index is 12.3. The summed E-state index contributed by atoms with van der Waals surface area (Å²) in [6.45, 7) is 6.32. The van der Waals surface area contributed by atoms with E-state index in [9.17, 15) is 14.4 Å². The molecule has 7 nitrogen and oxygen atoms in total. The molecule has 0 bridgehead atoms. The number of carbonyl (C=O) groups excluding carboxylic acids is 3. The Morgan fingerprint density at radius 1 is 1.35 bits per heavy atom. The number of hydrogen-bond acceptors (Lipinski definition) is 4.